The number of aromatic nitrogens is 1. The van der Waals surface area contributed by atoms with Crippen LogP contribution in [0.25, 0.3) is 10.9 Å². The molecule has 0 aliphatic heterocycles. The van der Waals surface area contributed by atoms with Crippen molar-refractivity contribution in [3.63, 3.8) is 0 Å². The van der Waals surface area contributed by atoms with Crippen molar-refractivity contribution in [3.8, 4) is 0 Å². The van der Waals surface area contributed by atoms with Crippen LogP contribution in [0, 0.1) is 0 Å². The Morgan fingerprint density at radius 1 is 1.33 bits per heavy atom. The van der Waals surface area contributed by atoms with E-state index >= 15 is 0 Å². The average molecular weight is 211 g/mol. The molecule has 1 aromatic heterocycles. The first-order chi connectivity index (χ1) is 7.01. The fourth-order valence-corrected chi connectivity index (χ4v) is 1.37. The number of alkyl halides is 2. The van der Waals surface area contributed by atoms with Gasteiger partial charge in [-0.25, -0.2) is 4.79 Å². The Kier molecular flexibility index (Phi) is 1.96. The highest BCUT2D eigenvalue weighted by atomic mass is 19.3. The second kappa shape index (κ2) is 3.05. The van der Waals surface area contributed by atoms with Gasteiger partial charge in [0, 0.05) is 17.3 Å². The minimum Gasteiger partial charge on any atom is -0.477 e. The van der Waals surface area contributed by atoms with Crippen LogP contribution in [0.15, 0.2) is 30.5 Å². The smallest absolute Gasteiger partial charge is 0.379 e. The van der Waals surface area contributed by atoms with E-state index in [1.54, 1.807) is 12.3 Å². The molecule has 78 valence electrons. The van der Waals surface area contributed by atoms with Gasteiger partial charge in [0.05, 0.1) is 0 Å². The van der Waals surface area contributed by atoms with E-state index in [4.69, 9.17) is 5.11 Å². The molecule has 2 N–H and O–H groups in total. The molecule has 0 fully saturated rings. The molecule has 0 bridgehead atoms. The Balaban J connectivity index is 2.57. The first-order valence-electron chi connectivity index (χ1n) is 4.20. The number of hydrogen-bond donors (Lipinski definition) is 2. The number of aliphatic carboxylic acids is 1. The average Bonchev–Trinajstić information content (AvgIpc) is 2.63. The molecule has 15 heavy (non-hydrogen) atoms. The molecule has 1 aromatic carbocycles. The SMILES string of the molecule is O=C(O)C(F)(F)c1ccc2[nH]ccc2c1. The topological polar surface area (TPSA) is 53.1 Å². The van der Waals surface area contributed by atoms with Gasteiger partial charge in [-0.2, -0.15) is 8.78 Å². The fraction of sp³-hybridized carbons (Fsp3) is 0.100. The monoisotopic (exact) mass is 211 g/mol. The molecule has 0 aliphatic rings. The summed E-state index contributed by atoms with van der Waals surface area (Å²) in [5, 5.41) is 8.92. The molecule has 0 aliphatic carbocycles. The number of aromatic amines is 1. The zero-order valence-electron chi connectivity index (χ0n) is 7.50. The summed E-state index contributed by atoms with van der Waals surface area (Å²) < 4.78 is 26.2. The third-order valence-corrected chi connectivity index (χ3v) is 2.18. The molecule has 0 unspecified atom stereocenters. The van der Waals surface area contributed by atoms with Gasteiger partial charge in [-0.15, -0.1) is 0 Å². The number of nitrogens with one attached hydrogen (secondary N) is 1. The summed E-state index contributed by atoms with van der Waals surface area (Å²) in [5.74, 6) is -5.98. The Bertz CT molecular complexity index is 519. The molecular weight excluding hydrogens is 204 g/mol. The molecule has 0 saturated carbocycles. The minimum absolute atomic E-state index is 0.512. The number of halogens is 2. The molecule has 5 heteroatoms. The van der Waals surface area contributed by atoms with E-state index in [1.165, 1.54) is 12.1 Å². The second-order valence-corrected chi connectivity index (χ2v) is 3.16. The third-order valence-electron chi connectivity index (χ3n) is 2.18. The maximum atomic E-state index is 13.1. The lowest BCUT2D eigenvalue weighted by Gasteiger charge is -2.10. The number of carbonyl (C=O) groups is 1. The Hall–Kier alpha value is -1.91. The molecular formula is C10H7F2NO2. The van der Waals surface area contributed by atoms with E-state index in [0.717, 1.165) is 6.07 Å². The molecule has 0 amide bonds. The molecule has 0 atom stereocenters. The fourth-order valence-electron chi connectivity index (χ4n) is 1.37. The maximum Gasteiger partial charge on any atom is 0.379 e. The van der Waals surface area contributed by atoms with Crippen molar-refractivity contribution in [1.82, 2.24) is 4.98 Å². The summed E-state index contributed by atoms with van der Waals surface area (Å²) in [6, 6.07) is 5.31. The molecule has 0 radical (unpaired) electrons. The van der Waals surface area contributed by atoms with Gasteiger partial charge < -0.3 is 10.1 Å². The van der Waals surface area contributed by atoms with Gasteiger partial charge in [-0.3, -0.25) is 0 Å². The number of carboxylic acid groups (broad SMARTS) is 1. The number of hydrogen-bond acceptors (Lipinski definition) is 1. The quantitative estimate of drug-likeness (QED) is 0.801. The van der Waals surface area contributed by atoms with Crippen LogP contribution in [-0.2, 0) is 10.7 Å². The third kappa shape index (κ3) is 1.45. The zero-order valence-corrected chi connectivity index (χ0v) is 7.50. The summed E-state index contributed by atoms with van der Waals surface area (Å²) in [6.07, 6.45) is 1.60. The van der Waals surface area contributed by atoms with Crippen LogP contribution in [0.5, 0.6) is 0 Å². The molecule has 3 nitrogen and oxygen atoms in total. The van der Waals surface area contributed by atoms with Gasteiger partial charge in [0.15, 0.2) is 0 Å². The number of rotatable bonds is 2. The van der Waals surface area contributed by atoms with Crippen molar-refractivity contribution in [2.45, 2.75) is 5.92 Å². The standard InChI is InChI=1S/C10H7F2NO2/c11-10(12,9(14)15)7-1-2-8-6(5-7)3-4-13-8/h1-5,13H,(H,14,15). The Morgan fingerprint density at radius 3 is 2.73 bits per heavy atom. The van der Waals surface area contributed by atoms with Crippen LogP contribution in [0.1, 0.15) is 5.56 Å². The van der Waals surface area contributed by atoms with Crippen LogP contribution in [-0.4, -0.2) is 16.1 Å². The molecule has 0 spiro atoms. The van der Waals surface area contributed by atoms with Crippen molar-refractivity contribution in [2.75, 3.05) is 0 Å². The molecule has 2 rings (SSSR count). The summed E-state index contributed by atoms with van der Waals surface area (Å²) in [4.78, 5) is 13.2. The number of benzene rings is 1. The van der Waals surface area contributed by atoms with Gasteiger partial charge >= 0.3 is 11.9 Å². The van der Waals surface area contributed by atoms with E-state index in [1.807, 2.05) is 0 Å². The van der Waals surface area contributed by atoms with Gasteiger partial charge in [-0.1, -0.05) is 6.07 Å². The summed E-state index contributed by atoms with van der Waals surface area (Å²) in [5.41, 5.74) is 0.182. The Labute approximate surface area is 83.3 Å². The second-order valence-electron chi connectivity index (χ2n) is 3.16. The first-order valence-corrected chi connectivity index (χ1v) is 4.20. The van der Waals surface area contributed by atoms with E-state index in [0.29, 0.717) is 10.9 Å². The van der Waals surface area contributed by atoms with Gasteiger partial charge in [0.1, 0.15) is 0 Å². The van der Waals surface area contributed by atoms with Crippen LogP contribution >= 0.6 is 0 Å². The lowest BCUT2D eigenvalue weighted by Crippen LogP contribution is -2.25. The van der Waals surface area contributed by atoms with Crippen molar-refractivity contribution >= 4 is 16.9 Å². The summed E-state index contributed by atoms with van der Waals surface area (Å²) in [6.45, 7) is 0. The highest BCUT2D eigenvalue weighted by molar-refractivity contribution is 5.83. The predicted octanol–water partition coefficient (Wildman–Crippen LogP) is 2.34. The lowest BCUT2D eigenvalue weighted by atomic mass is 10.1. The lowest BCUT2D eigenvalue weighted by molar-refractivity contribution is -0.166. The van der Waals surface area contributed by atoms with Crippen LogP contribution in [0.2, 0.25) is 0 Å². The van der Waals surface area contributed by atoms with E-state index in [2.05, 4.69) is 4.98 Å². The summed E-state index contributed by atoms with van der Waals surface area (Å²) >= 11 is 0. The Morgan fingerprint density at radius 2 is 2.07 bits per heavy atom. The van der Waals surface area contributed by atoms with Crippen molar-refractivity contribution in [1.29, 1.82) is 0 Å². The number of carboxylic acids is 1. The van der Waals surface area contributed by atoms with Crippen LogP contribution in [0.4, 0.5) is 8.78 Å². The van der Waals surface area contributed by atoms with Gasteiger partial charge in [-0.05, 0) is 23.6 Å². The van der Waals surface area contributed by atoms with Crippen molar-refractivity contribution in [2.24, 2.45) is 0 Å². The van der Waals surface area contributed by atoms with Gasteiger partial charge in [0.25, 0.3) is 0 Å². The van der Waals surface area contributed by atoms with Gasteiger partial charge in [0.2, 0.25) is 0 Å². The van der Waals surface area contributed by atoms with Crippen LogP contribution in [0.3, 0.4) is 0 Å². The molecule has 2 aromatic rings. The van der Waals surface area contributed by atoms with Crippen molar-refractivity contribution in [3.05, 3.63) is 36.0 Å². The largest absolute Gasteiger partial charge is 0.477 e. The van der Waals surface area contributed by atoms with E-state index in [9.17, 15) is 13.6 Å². The highest BCUT2D eigenvalue weighted by Crippen LogP contribution is 2.30. The minimum atomic E-state index is -3.84. The highest BCUT2D eigenvalue weighted by Gasteiger charge is 2.40. The number of H-pyrrole nitrogens is 1. The molecule has 0 saturated heterocycles. The van der Waals surface area contributed by atoms with E-state index in [-0.39, 0.29) is 0 Å². The molecule has 1 heterocycles. The summed E-state index contributed by atoms with van der Waals surface area (Å²) in [7, 11) is 0. The van der Waals surface area contributed by atoms with Crippen molar-refractivity contribution < 1.29 is 18.7 Å². The van der Waals surface area contributed by atoms with E-state index < -0.39 is 17.5 Å². The van der Waals surface area contributed by atoms with Crippen LogP contribution < -0.4 is 0 Å². The number of fused-ring (bicyclic) bond motifs is 1. The maximum absolute atomic E-state index is 13.1. The first kappa shape index (κ1) is 9.64. The normalized spacial score (nSPS) is 11.9. The zero-order chi connectivity index (χ0) is 11.1. The predicted molar refractivity (Wildman–Crippen MR) is 49.8 cm³/mol.